The number of halogens is 2. The molecule has 3 heterocycles. The molecule has 1 amide bonds. The number of rotatable bonds is 11. The van der Waals surface area contributed by atoms with Gasteiger partial charge in [0.2, 0.25) is 5.78 Å². The fourth-order valence-corrected chi connectivity index (χ4v) is 7.68. The highest BCUT2D eigenvalue weighted by molar-refractivity contribution is 7.17. The van der Waals surface area contributed by atoms with Gasteiger partial charge in [0.15, 0.2) is 0 Å². The number of carbonyl (C=O) groups is 3. The van der Waals surface area contributed by atoms with Crippen molar-refractivity contribution in [3.8, 4) is 0 Å². The van der Waals surface area contributed by atoms with E-state index in [1.807, 2.05) is 29.2 Å². The van der Waals surface area contributed by atoms with Crippen molar-refractivity contribution in [1.82, 2.24) is 14.5 Å². The highest BCUT2D eigenvalue weighted by Crippen LogP contribution is 2.38. The van der Waals surface area contributed by atoms with Crippen molar-refractivity contribution < 1.29 is 28.2 Å². The van der Waals surface area contributed by atoms with Gasteiger partial charge in [0, 0.05) is 47.4 Å². The summed E-state index contributed by atoms with van der Waals surface area (Å²) in [5, 5.41) is 5.41. The normalized spacial score (nSPS) is 20.0. The third-order valence-electron chi connectivity index (χ3n) is 8.84. The Bertz CT molecular complexity index is 1720. The molecule has 1 N–H and O–H groups in total. The van der Waals surface area contributed by atoms with Gasteiger partial charge in [0.25, 0.3) is 11.8 Å². The summed E-state index contributed by atoms with van der Waals surface area (Å²) in [7, 11) is 0. The monoisotopic (exact) mass is 666 g/mol. The minimum absolute atomic E-state index is 0.0901. The summed E-state index contributed by atoms with van der Waals surface area (Å²) < 4.78 is 30.3. The van der Waals surface area contributed by atoms with Crippen LogP contribution in [0.3, 0.4) is 0 Å². The summed E-state index contributed by atoms with van der Waals surface area (Å²) in [6.07, 6.45) is 8.33. The van der Waals surface area contributed by atoms with E-state index in [4.69, 9.17) is 21.1 Å². The number of nitrogens with zero attached hydrogens (tertiary/aromatic N) is 3. The molecule has 0 bridgehead atoms. The molecule has 1 saturated carbocycles. The summed E-state index contributed by atoms with van der Waals surface area (Å²) in [6.45, 7) is 3.36. The molecule has 1 aliphatic heterocycles. The number of amides is 1. The van der Waals surface area contributed by atoms with Crippen molar-refractivity contribution in [1.29, 1.82) is 0 Å². The van der Waals surface area contributed by atoms with E-state index in [1.165, 1.54) is 17.4 Å². The maximum Gasteiger partial charge on any atom is 0.308 e. The fourth-order valence-electron chi connectivity index (χ4n) is 6.50. The number of benzene rings is 2. The second kappa shape index (κ2) is 14.0. The van der Waals surface area contributed by atoms with Gasteiger partial charge >= 0.3 is 5.97 Å². The van der Waals surface area contributed by atoms with E-state index in [9.17, 15) is 14.4 Å². The van der Waals surface area contributed by atoms with Crippen LogP contribution in [-0.4, -0.2) is 57.9 Å². The van der Waals surface area contributed by atoms with E-state index in [2.05, 4.69) is 10.3 Å². The molecular formula is C34H36ClFN4O5S. The van der Waals surface area contributed by atoms with Crippen molar-refractivity contribution in [3.63, 3.8) is 0 Å². The van der Waals surface area contributed by atoms with E-state index in [1.54, 1.807) is 35.6 Å². The largest absolute Gasteiger partial charge is 0.466 e. The average molecular weight is 667 g/mol. The number of Topliss-reactive ketones (excluding diaryl/α,β-unsaturated/α-hetero) is 1. The zero-order valence-electron chi connectivity index (χ0n) is 25.5. The van der Waals surface area contributed by atoms with Crippen LogP contribution in [-0.2, 0) is 31.3 Å². The number of thiophene rings is 1. The number of nitrogens with one attached hydrogen (secondary N) is 1. The lowest BCUT2D eigenvalue weighted by molar-refractivity contribution is -0.233. The van der Waals surface area contributed by atoms with E-state index < -0.39 is 17.6 Å². The number of ether oxygens (including phenoxy) is 2. The number of likely N-dealkylation sites (tertiary alicyclic amines) is 1. The minimum atomic E-state index is -1.56. The van der Waals surface area contributed by atoms with Gasteiger partial charge in [-0.3, -0.25) is 23.9 Å². The minimum Gasteiger partial charge on any atom is -0.466 e. The first-order chi connectivity index (χ1) is 22.3. The van der Waals surface area contributed by atoms with Gasteiger partial charge in [-0.2, -0.15) is 0 Å². The van der Waals surface area contributed by atoms with Gasteiger partial charge in [0.1, 0.15) is 5.82 Å². The fraction of sp³-hybridized carbons (Fsp3) is 0.412. The lowest BCUT2D eigenvalue weighted by atomic mass is 9.87. The Kier molecular flexibility index (Phi) is 9.84. The van der Waals surface area contributed by atoms with Crippen LogP contribution in [0.2, 0.25) is 5.02 Å². The predicted octanol–water partition coefficient (Wildman–Crippen LogP) is 6.80. The Morgan fingerprint density at radius 1 is 1.13 bits per heavy atom. The molecule has 0 spiro atoms. The molecule has 2 aliphatic rings. The molecule has 46 heavy (non-hydrogen) atoms. The average Bonchev–Trinajstić information content (AvgIpc) is 3.86. The van der Waals surface area contributed by atoms with Crippen LogP contribution in [0.1, 0.15) is 61.4 Å². The Balaban J connectivity index is 1.24. The molecule has 4 aromatic rings. The van der Waals surface area contributed by atoms with Crippen LogP contribution in [0.15, 0.2) is 60.5 Å². The topological polar surface area (TPSA) is 103 Å². The van der Waals surface area contributed by atoms with Crippen LogP contribution in [0.4, 0.5) is 10.1 Å². The first kappa shape index (κ1) is 32.3. The van der Waals surface area contributed by atoms with Crippen molar-refractivity contribution in [2.24, 2.45) is 5.92 Å². The zero-order valence-corrected chi connectivity index (χ0v) is 27.1. The first-order valence-corrected chi connectivity index (χ1v) is 16.9. The Labute approximate surface area is 275 Å². The molecule has 2 aromatic heterocycles. The Morgan fingerprint density at radius 2 is 1.89 bits per heavy atom. The number of aromatic nitrogens is 2. The second-order valence-corrected chi connectivity index (χ2v) is 13.1. The van der Waals surface area contributed by atoms with E-state index >= 15 is 4.39 Å². The number of fused-ring (bicyclic) bond motifs is 1. The summed E-state index contributed by atoms with van der Waals surface area (Å²) in [5.41, 5.74) is 0.679. The van der Waals surface area contributed by atoms with Crippen LogP contribution >= 0.6 is 22.9 Å². The maximum atomic E-state index is 15.7. The van der Waals surface area contributed by atoms with Crippen LogP contribution < -0.4 is 5.32 Å². The number of imidazole rings is 1. The maximum absolute atomic E-state index is 15.7. The van der Waals surface area contributed by atoms with E-state index in [0.717, 1.165) is 29.0 Å². The quantitative estimate of drug-likeness (QED) is 0.176. The van der Waals surface area contributed by atoms with Gasteiger partial charge in [-0.1, -0.05) is 29.8 Å². The van der Waals surface area contributed by atoms with E-state index in [-0.39, 0.29) is 46.5 Å². The third-order valence-corrected chi connectivity index (χ3v) is 10.1. The molecule has 1 unspecified atom stereocenters. The summed E-state index contributed by atoms with van der Waals surface area (Å²) in [4.78, 5) is 46.2. The number of hydrogen-bond acceptors (Lipinski definition) is 8. The Hall–Kier alpha value is -3.64. The number of esters is 1. The van der Waals surface area contributed by atoms with Crippen LogP contribution in [0.5, 0.6) is 0 Å². The lowest BCUT2D eigenvalue weighted by Crippen LogP contribution is -2.59. The third kappa shape index (κ3) is 6.46. The highest BCUT2D eigenvalue weighted by atomic mass is 35.5. The predicted molar refractivity (Wildman–Crippen MR) is 174 cm³/mol. The smallest absolute Gasteiger partial charge is 0.308 e. The second-order valence-electron chi connectivity index (χ2n) is 11.7. The molecule has 1 saturated heterocycles. The zero-order chi connectivity index (χ0) is 32.3. The van der Waals surface area contributed by atoms with Gasteiger partial charge < -0.3 is 14.8 Å². The Morgan fingerprint density at radius 3 is 2.61 bits per heavy atom. The molecule has 1 atom stereocenters. The van der Waals surface area contributed by atoms with Gasteiger partial charge in [0.05, 0.1) is 41.2 Å². The molecule has 6 rings (SSSR count). The van der Waals surface area contributed by atoms with Crippen molar-refractivity contribution >= 4 is 56.4 Å². The molecule has 9 nitrogen and oxygen atoms in total. The molecule has 2 fully saturated rings. The molecule has 0 radical (unpaired) electrons. The van der Waals surface area contributed by atoms with Gasteiger partial charge in [-0.05, 0) is 69.2 Å². The lowest BCUT2D eigenvalue weighted by Gasteiger charge is -2.44. The molecule has 1 aliphatic carbocycles. The number of hydrogen-bond donors (Lipinski definition) is 1. The van der Waals surface area contributed by atoms with Crippen molar-refractivity contribution in [2.45, 2.75) is 63.8 Å². The van der Waals surface area contributed by atoms with E-state index in [0.29, 0.717) is 50.9 Å². The van der Waals surface area contributed by atoms with Crippen LogP contribution in [0.25, 0.3) is 10.1 Å². The summed E-state index contributed by atoms with van der Waals surface area (Å²) >= 11 is 8.03. The van der Waals surface area contributed by atoms with Crippen molar-refractivity contribution in [3.05, 3.63) is 82.5 Å². The molecule has 12 heteroatoms. The SMILES string of the molecule is CCOC(=O)C1CCC(OC(C(=O)Cc2cc(Cl)c(NC(=O)c3csc4ccccc34)cc2F)(N2CCCC2)n2ccnc2)CC1. The van der Waals surface area contributed by atoms with Crippen LogP contribution in [0, 0.1) is 11.7 Å². The standard InChI is InChI=1S/C34H36ClFN4O5S/c1-2-44-33(43)22-9-11-24(12-10-22)45-34(39-14-5-6-15-39,40-16-13-37-21-40)31(41)18-23-17-27(35)29(19-28(23)36)38-32(42)26-20-46-30-8-4-3-7-25(26)30/h3-4,7-8,13,16-17,19-22,24H,2,5-6,9-12,14-15,18H2,1H3,(H,38,42). The highest BCUT2D eigenvalue weighted by Gasteiger charge is 2.50. The van der Waals surface area contributed by atoms with Crippen molar-refractivity contribution in [2.75, 3.05) is 25.0 Å². The first-order valence-electron chi connectivity index (χ1n) is 15.7. The number of ketones is 1. The molecule has 242 valence electrons. The number of carbonyl (C=O) groups excluding carboxylic acids is 3. The van der Waals surface area contributed by atoms with Gasteiger partial charge in [-0.15, -0.1) is 11.3 Å². The summed E-state index contributed by atoms with van der Waals surface area (Å²) in [5.74, 6) is -3.38. The van der Waals surface area contributed by atoms with Gasteiger partial charge in [-0.25, -0.2) is 9.37 Å². The molecule has 2 aromatic carbocycles. The number of anilines is 1. The molecular weight excluding hydrogens is 631 g/mol. The summed E-state index contributed by atoms with van der Waals surface area (Å²) in [6, 6.07) is 10.1.